The molecule has 4 N–H and O–H groups in total. The Morgan fingerprint density at radius 2 is 1.48 bits per heavy atom. The van der Waals surface area contributed by atoms with Crippen LogP contribution in [0.5, 0.6) is 0 Å². The number of aryl methyl sites for hydroxylation is 1. The SMILES string of the molecule is O=C1CCC(N2C(=O)c3ccc(CCCOCCOCCOCCN4CCN(C(=O)c5cc6cc(N7CC[C@](O)(C(=O)NCc8cc(F)cc(F)c8)C7=O)ccc6[nH]5)CC4)cc3C2=O)C(=O)N1. The van der Waals surface area contributed by atoms with E-state index in [2.05, 4.69) is 20.5 Å². The number of aliphatic hydroxyl groups is 1. The van der Waals surface area contributed by atoms with Crippen LogP contribution in [0.25, 0.3) is 10.9 Å². The van der Waals surface area contributed by atoms with E-state index in [1.54, 1.807) is 47.4 Å². The van der Waals surface area contributed by atoms with Crippen LogP contribution in [-0.4, -0.2) is 157 Å². The zero-order chi connectivity index (χ0) is 47.2. The molecule has 1 unspecified atom stereocenters. The number of rotatable bonds is 19. The van der Waals surface area contributed by atoms with E-state index in [9.17, 15) is 47.4 Å². The van der Waals surface area contributed by atoms with Gasteiger partial charge in [0.15, 0.2) is 0 Å². The lowest BCUT2D eigenvalue weighted by Gasteiger charge is -2.34. The largest absolute Gasteiger partial charge is 0.379 e. The van der Waals surface area contributed by atoms with E-state index >= 15 is 0 Å². The van der Waals surface area contributed by atoms with Crippen molar-refractivity contribution in [3.63, 3.8) is 0 Å². The zero-order valence-corrected chi connectivity index (χ0v) is 36.7. The number of H-pyrrole nitrogens is 1. The molecule has 8 rings (SSSR count). The van der Waals surface area contributed by atoms with Crippen LogP contribution in [0.1, 0.15) is 68.0 Å². The van der Waals surface area contributed by atoms with Gasteiger partial charge in [0, 0.05) is 87.9 Å². The summed E-state index contributed by atoms with van der Waals surface area (Å²) in [6, 6.07) is 13.7. The molecule has 0 spiro atoms. The Kier molecular flexibility index (Phi) is 14.5. The number of aromatic nitrogens is 1. The van der Waals surface area contributed by atoms with Crippen LogP contribution in [0.4, 0.5) is 14.5 Å². The first-order valence-corrected chi connectivity index (χ1v) is 22.3. The first kappa shape index (κ1) is 47.1. The Labute approximate surface area is 383 Å². The lowest BCUT2D eigenvalue weighted by Crippen LogP contribution is -2.54. The molecule has 18 nitrogen and oxygen atoms in total. The van der Waals surface area contributed by atoms with Gasteiger partial charge in [-0.2, -0.15) is 0 Å². The second-order valence-electron chi connectivity index (χ2n) is 16.9. The lowest BCUT2D eigenvalue weighted by atomic mass is 10.0. The fourth-order valence-electron chi connectivity index (χ4n) is 8.74. The monoisotopic (exact) mass is 927 g/mol. The Morgan fingerprint density at radius 3 is 2.21 bits per heavy atom. The van der Waals surface area contributed by atoms with Crippen LogP contribution in [-0.2, 0) is 46.4 Å². The van der Waals surface area contributed by atoms with E-state index in [0.717, 1.165) is 22.6 Å². The number of imide groups is 2. The third kappa shape index (κ3) is 10.6. The third-order valence-corrected chi connectivity index (χ3v) is 12.4. The highest BCUT2D eigenvalue weighted by Gasteiger charge is 2.52. The smallest absolute Gasteiger partial charge is 0.270 e. The highest BCUT2D eigenvalue weighted by Crippen LogP contribution is 2.32. The van der Waals surface area contributed by atoms with Crippen molar-refractivity contribution in [3.05, 3.63) is 100 Å². The Morgan fingerprint density at radius 1 is 0.776 bits per heavy atom. The molecule has 4 aliphatic rings. The number of halogens is 2. The highest BCUT2D eigenvalue weighted by molar-refractivity contribution is 6.23. The number of carbonyl (C=O) groups is 7. The molecule has 4 aliphatic heterocycles. The quantitative estimate of drug-likeness (QED) is 0.0604. The third-order valence-electron chi connectivity index (χ3n) is 12.4. The van der Waals surface area contributed by atoms with Gasteiger partial charge in [-0.3, -0.25) is 48.7 Å². The first-order chi connectivity index (χ1) is 32.3. The maximum atomic E-state index is 13.6. The molecule has 2 atom stereocenters. The van der Waals surface area contributed by atoms with Crippen LogP contribution in [0.15, 0.2) is 60.7 Å². The Bertz CT molecular complexity index is 2560. The summed E-state index contributed by atoms with van der Waals surface area (Å²) in [4.78, 5) is 98.9. The van der Waals surface area contributed by atoms with Gasteiger partial charge in [-0.1, -0.05) is 6.07 Å². The summed E-state index contributed by atoms with van der Waals surface area (Å²) in [6.07, 6.45) is 1.30. The van der Waals surface area contributed by atoms with Gasteiger partial charge in [-0.05, 0) is 78.9 Å². The van der Waals surface area contributed by atoms with Gasteiger partial charge in [0.2, 0.25) is 17.4 Å². The van der Waals surface area contributed by atoms with Crippen LogP contribution < -0.4 is 15.5 Å². The van der Waals surface area contributed by atoms with Crippen LogP contribution in [0, 0.1) is 11.6 Å². The number of hydrogen-bond acceptors (Lipinski definition) is 12. The van der Waals surface area contributed by atoms with Crippen molar-refractivity contribution in [1.29, 1.82) is 0 Å². The minimum atomic E-state index is -2.36. The van der Waals surface area contributed by atoms with E-state index in [1.165, 1.54) is 4.90 Å². The van der Waals surface area contributed by atoms with Crippen molar-refractivity contribution < 1.29 is 61.7 Å². The van der Waals surface area contributed by atoms with Crippen molar-refractivity contribution in [2.24, 2.45) is 0 Å². The molecule has 0 bridgehead atoms. The summed E-state index contributed by atoms with van der Waals surface area (Å²) in [5.74, 6) is -5.70. The number of amides is 7. The normalized spacial score (nSPS) is 20.0. The summed E-state index contributed by atoms with van der Waals surface area (Å²) < 4.78 is 44.2. The number of piperidine rings is 1. The van der Waals surface area contributed by atoms with E-state index in [4.69, 9.17) is 14.2 Å². The summed E-state index contributed by atoms with van der Waals surface area (Å²) >= 11 is 0. The summed E-state index contributed by atoms with van der Waals surface area (Å²) in [5, 5.41) is 16.3. The van der Waals surface area contributed by atoms with Gasteiger partial charge < -0.3 is 39.4 Å². The molecule has 5 heterocycles. The molecule has 67 heavy (non-hydrogen) atoms. The summed E-state index contributed by atoms with van der Waals surface area (Å²) in [6.45, 7) is 5.49. The molecule has 20 heteroatoms. The van der Waals surface area contributed by atoms with E-state index in [1.807, 2.05) is 0 Å². The number of carbonyl (C=O) groups excluding carboxylic acids is 7. The molecule has 0 aliphatic carbocycles. The minimum Gasteiger partial charge on any atom is -0.379 e. The van der Waals surface area contributed by atoms with Gasteiger partial charge in [-0.25, -0.2) is 8.78 Å². The molecule has 354 valence electrons. The van der Waals surface area contributed by atoms with Gasteiger partial charge in [0.25, 0.3) is 29.5 Å². The number of nitrogens with one attached hydrogen (secondary N) is 3. The highest BCUT2D eigenvalue weighted by atomic mass is 19.1. The predicted molar refractivity (Wildman–Crippen MR) is 235 cm³/mol. The molecular formula is C47H51F2N7O11. The van der Waals surface area contributed by atoms with Crippen LogP contribution in [0.3, 0.4) is 0 Å². The van der Waals surface area contributed by atoms with Crippen molar-refractivity contribution >= 4 is 57.9 Å². The summed E-state index contributed by atoms with van der Waals surface area (Å²) in [5.41, 5.74) is 0.661. The Balaban J connectivity index is 0.676. The zero-order valence-electron chi connectivity index (χ0n) is 36.7. The van der Waals surface area contributed by atoms with Crippen molar-refractivity contribution in [3.8, 4) is 0 Å². The topological polar surface area (TPSA) is 220 Å². The van der Waals surface area contributed by atoms with Gasteiger partial charge in [0.1, 0.15) is 23.4 Å². The van der Waals surface area contributed by atoms with Gasteiger partial charge >= 0.3 is 0 Å². The molecule has 0 saturated carbocycles. The molecule has 3 saturated heterocycles. The maximum Gasteiger partial charge on any atom is 0.270 e. The van der Waals surface area contributed by atoms with Crippen molar-refractivity contribution in [2.75, 3.05) is 83.8 Å². The minimum absolute atomic E-state index is 0.0532. The molecule has 3 aromatic carbocycles. The van der Waals surface area contributed by atoms with Crippen molar-refractivity contribution in [1.82, 2.24) is 30.3 Å². The number of hydrogen-bond donors (Lipinski definition) is 4. The molecule has 4 aromatic rings. The summed E-state index contributed by atoms with van der Waals surface area (Å²) in [7, 11) is 0. The number of anilines is 1. The van der Waals surface area contributed by atoms with Crippen LogP contribution >= 0.6 is 0 Å². The standard InChI is InChI=1S/C47H51F2N7O11/c48-32-22-30(23-33(49)27-32)28-50-45(62)47(64)9-10-55(46(47)63)34-4-6-37-31(25-34)26-38(51-37)44(61)54-13-11-53(12-14-54)15-17-66-19-21-67-20-18-65-16-1-2-29-3-5-35-36(24-29)43(60)56(42(35)59)39-7-8-40(57)52-41(39)58/h3-6,22-27,39,51,64H,1-2,7-21,28H2,(H,50,62)(H,52,57,58)/t39?,47-/m0/s1. The Hall–Kier alpha value is -6.45. The molecule has 3 fully saturated rings. The van der Waals surface area contributed by atoms with E-state index in [-0.39, 0.29) is 54.9 Å². The number of piperazine rings is 1. The average molecular weight is 928 g/mol. The average Bonchev–Trinajstić information content (AvgIpc) is 3.95. The van der Waals surface area contributed by atoms with Gasteiger partial charge in [0.05, 0.1) is 44.2 Å². The second-order valence-corrected chi connectivity index (χ2v) is 16.9. The maximum absolute atomic E-state index is 13.6. The number of aromatic amines is 1. The van der Waals surface area contributed by atoms with Crippen LogP contribution in [0.2, 0.25) is 0 Å². The fraction of sp³-hybridized carbons (Fsp3) is 0.426. The number of nitrogens with zero attached hydrogens (tertiary/aromatic N) is 4. The predicted octanol–water partition coefficient (Wildman–Crippen LogP) is 2.07. The van der Waals surface area contributed by atoms with E-state index < -0.39 is 58.7 Å². The second kappa shape index (κ2) is 20.6. The number of fused-ring (bicyclic) bond motifs is 2. The van der Waals surface area contributed by atoms with Gasteiger partial charge in [-0.15, -0.1) is 0 Å². The number of benzene rings is 3. The lowest BCUT2D eigenvalue weighted by molar-refractivity contribution is -0.149. The molecular weight excluding hydrogens is 877 g/mol. The van der Waals surface area contributed by atoms with E-state index in [0.29, 0.717) is 114 Å². The fourth-order valence-corrected chi connectivity index (χ4v) is 8.74. The molecule has 1 aromatic heterocycles. The van der Waals surface area contributed by atoms with Crippen molar-refractivity contribution in [2.45, 2.75) is 50.3 Å². The number of ether oxygens (including phenoxy) is 3. The first-order valence-electron chi connectivity index (χ1n) is 22.3. The molecule has 7 amide bonds. The molecule has 0 radical (unpaired) electrons.